The van der Waals surface area contributed by atoms with Crippen molar-refractivity contribution in [1.82, 2.24) is 20.1 Å². The second-order valence-corrected chi connectivity index (χ2v) is 7.82. The number of rotatable bonds is 5. The van der Waals surface area contributed by atoms with Gasteiger partial charge in [-0.15, -0.1) is 0 Å². The number of carbonyl (C=O) groups is 1. The van der Waals surface area contributed by atoms with Crippen LogP contribution < -0.4 is 11.0 Å². The summed E-state index contributed by atoms with van der Waals surface area (Å²) in [6.45, 7) is 1.50. The maximum absolute atomic E-state index is 14.4. The summed E-state index contributed by atoms with van der Waals surface area (Å²) in [5, 5.41) is 9.65. The lowest BCUT2D eigenvalue weighted by Gasteiger charge is -2.27. The third-order valence-corrected chi connectivity index (χ3v) is 5.60. The van der Waals surface area contributed by atoms with E-state index in [0.29, 0.717) is 17.4 Å². The van der Waals surface area contributed by atoms with E-state index < -0.39 is 16.9 Å². The van der Waals surface area contributed by atoms with E-state index in [1.54, 1.807) is 12.1 Å². The van der Waals surface area contributed by atoms with Crippen LogP contribution in [0.2, 0.25) is 0 Å². The third-order valence-electron chi connectivity index (χ3n) is 5.11. The van der Waals surface area contributed by atoms with Crippen molar-refractivity contribution in [2.24, 2.45) is 11.3 Å². The fraction of sp³-hybridized carbons (Fsp3) is 0.471. The Morgan fingerprint density at radius 3 is 2.88 bits per heavy atom. The molecule has 4 rings (SSSR count). The zero-order valence-corrected chi connectivity index (χ0v) is 15.1. The molecule has 2 N–H and O–H groups in total. The van der Waals surface area contributed by atoms with E-state index in [9.17, 15) is 14.0 Å². The minimum Gasteiger partial charge on any atom is -0.316 e. The Hall–Kier alpha value is -1.80. The number of aromatic nitrogens is 3. The highest BCUT2D eigenvalue weighted by molar-refractivity contribution is 9.10. The first kappa shape index (κ1) is 16.7. The number of Topliss-reactive ketones (excluding diaryl/α,β-unsaturated/α-hetero) is 1. The largest absolute Gasteiger partial charge is 0.343 e. The molecule has 0 bridgehead atoms. The molecule has 6 nitrogen and oxygen atoms in total. The van der Waals surface area contributed by atoms with Gasteiger partial charge in [-0.2, -0.15) is 5.10 Å². The van der Waals surface area contributed by atoms with Crippen LogP contribution in [-0.4, -0.2) is 33.6 Å². The Balaban J connectivity index is 1.74. The molecule has 1 aromatic carbocycles. The highest BCUT2D eigenvalue weighted by Gasteiger charge is 2.48. The van der Waals surface area contributed by atoms with Crippen molar-refractivity contribution in [3.05, 3.63) is 39.0 Å². The van der Waals surface area contributed by atoms with Crippen molar-refractivity contribution in [1.29, 1.82) is 0 Å². The van der Waals surface area contributed by atoms with Crippen LogP contribution in [0.25, 0.3) is 11.4 Å². The van der Waals surface area contributed by atoms with E-state index in [-0.39, 0.29) is 29.6 Å². The van der Waals surface area contributed by atoms with Crippen molar-refractivity contribution in [2.75, 3.05) is 13.1 Å². The quantitative estimate of drug-likeness (QED) is 0.793. The van der Waals surface area contributed by atoms with Crippen LogP contribution in [0.4, 0.5) is 4.39 Å². The van der Waals surface area contributed by atoms with Gasteiger partial charge in [-0.05, 0) is 44.0 Å². The Morgan fingerprint density at radius 1 is 1.44 bits per heavy atom. The molecular weight excluding hydrogens is 391 g/mol. The average Bonchev–Trinajstić information content (AvgIpc) is 3.23. The molecule has 1 saturated carbocycles. The highest BCUT2D eigenvalue weighted by atomic mass is 79.9. The molecule has 2 fully saturated rings. The number of carbonyl (C=O) groups excluding carboxylic acids is 1. The maximum Gasteiger partial charge on any atom is 0.343 e. The smallest absolute Gasteiger partial charge is 0.316 e. The van der Waals surface area contributed by atoms with Crippen molar-refractivity contribution in [2.45, 2.75) is 25.8 Å². The van der Waals surface area contributed by atoms with Crippen LogP contribution in [0.3, 0.4) is 0 Å². The summed E-state index contributed by atoms with van der Waals surface area (Å²) in [7, 11) is 0. The van der Waals surface area contributed by atoms with E-state index in [1.807, 2.05) is 0 Å². The van der Waals surface area contributed by atoms with Crippen LogP contribution in [0.1, 0.15) is 19.3 Å². The van der Waals surface area contributed by atoms with E-state index >= 15 is 0 Å². The van der Waals surface area contributed by atoms with Gasteiger partial charge in [-0.1, -0.05) is 15.9 Å². The average molecular weight is 409 g/mol. The van der Waals surface area contributed by atoms with Gasteiger partial charge in [0.1, 0.15) is 11.6 Å². The molecule has 0 amide bonds. The highest BCUT2D eigenvalue weighted by Crippen LogP contribution is 2.41. The van der Waals surface area contributed by atoms with Crippen LogP contribution in [0.15, 0.2) is 27.5 Å². The summed E-state index contributed by atoms with van der Waals surface area (Å²) in [6.07, 6.45) is 2.53. The van der Waals surface area contributed by atoms with Crippen LogP contribution in [0.5, 0.6) is 0 Å². The van der Waals surface area contributed by atoms with Gasteiger partial charge in [-0.25, -0.2) is 14.3 Å². The minimum atomic E-state index is -0.616. The lowest BCUT2D eigenvalue weighted by atomic mass is 9.80. The fourth-order valence-electron chi connectivity index (χ4n) is 3.59. The van der Waals surface area contributed by atoms with Crippen LogP contribution >= 0.6 is 15.9 Å². The molecule has 8 heteroatoms. The van der Waals surface area contributed by atoms with Gasteiger partial charge in [0.25, 0.3) is 0 Å². The molecule has 0 radical (unpaired) electrons. The summed E-state index contributed by atoms with van der Waals surface area (Å²) in [5.74, 6) is 0.0785. The molecule has 1 atom stereocenters. The Labute approximate surface area is 151 Å². The Kier molecular flexibility index (Phi) is 4.11. The first-order valence-corrected chi connectivity index (χ1v) is 9.15. The molecule has 1 aromatic heterocycles. The van der Waals surface area contributed by atoms with Crippen molar-refractivity contribution in [3.8, 4) is 11.4 Å². The number of aromatic amines is 1. The minimum absolute atomic E-state index is 0.107. The summed E-state index contributed by atoms with van der Waals surface area (Å²) in [6, 6.07) is 4.61. The first-order valence-electron chi connectivity index (χ1n) is 8.36. The normalized spacial score (nSPS) is 23.1. The van der Waals surface area contributed by atoms with Gasteiger partial charge in [0.05, 0.1) is 11.0 Å². The second-order valence-electron chi connectivity index (χ2n) is 6.91. The number of hydrogen-bond acceptors (Lipinski definition) is 4. The first-order chi connectivity index (χ1) is 12.0. The van der Waals surface area contributed by atoms with E-state index in [2.05, 4.69) is 31.4 Å². The topological polar surface area (TPSA) is 79.8 Å². The SMILES string of the molecule is O=C(C1CC1)C1(Cn2c(-c3ccc(Br)cc3F)n[nH]c2=O)CCNC1. The third kappa shape index (κ3) is 2.97. The second kappa shape index (κ2) is 6.17. The molecule has 2 aromatic rings. The van der Waals surface area contributed by atoms with Gasteiger partial charge >= 0.3 is 5.69 Å². The predicted octanol–water partition coefficient (Wildman–Crippen LogP) is 2.10. The van der Waals surface area contributed by atoms with Gasteiger partial charge < -0.3 is 5.32 Å². The number of hydrogen-bond donors (Lipinski definition) is 2. The molecule has 2 aliphatic rings. The molecule has 1 aliphatic carbocycles. The van der Waals surface area contributed by atoms with Gasteiger partial charge in [0, 0.05) is 23.5 Å². The lowest BCUT2D eigenvalue weighted by molar-refractivity contribution is -0.129. The summed E-state index contributed by atoms with van der Waals surface area (Å²) < 4.78 is 16.4. The van der Waals surface area contributed by atoms with Gasteiger partial charge in [-0.3, -0.25) is 9.36 Å². The number of nitrogens with zero attached hydrogens (tertiary/aromatic N) is 2. The number of ketones is 1. The number of halogens is 2. The van der Waals surface area contributed by atoms with Crippen LogP contribution in [-0.2, 0) is 11.3 Å². The molecule has 0 spiro atoms. The standard InChI is InChI=1S/C17H18BrFN4O2/c18-11-3-4-12(13(19)7-11)15-21-22-16(25)23(15)9-17(5-6-20-8-17)14(24)10-1-2-10/h3-4,7,10,20H,1-2,5-6,8-9H2,(H,22,25). The molecule has 1 unspecified atom stereocenters. The molecule has 1 aliphatic heterocycles. The van der Waals surface area contributed by atoms with Crippen molar-refractivity contribution < 1.29 is 9.18 Å². The number of nitrogens with one attached hydrogen (secondary N) is 2. The van der Waals surface area contributed by atoms with Crippen LogP contribution in [0, 0.1) is 17.2 Å². The van der Waals surface area contributed by atoms with E-state index in [1.165, 1.54) is 10.6 Å². The van der Waals surface area contributed by atoms with E-state index in [4.69, 9.17) is 0 Å². The fourth-order valence-corrected chi connectivity index (χ4v) is 3.92. The Bertz CT molecular complexity index is 881. The van der Waals surface area contributed by atoms with Gasteiger partial charge in [0.15, 0.2) is 5.82 Å². The van der Waals surface area contributed by atoms with E-state index in [0.717, 1.165) is 19.4 Å². The molecule has 2 heterocycles. The zero-order chi connectivity index (χ0) is 17.6. The molecule has 132 valence electrons. The molecular formula is C17H18BrFN4O2. The predicted molar refractivity (Wildman–Crippen MR) is 93.6 cm³/mol. The molecule has 25 heavy (non-hydrogen) atoms. The zero-order valence-electron chi connectivity index (χ0n) is 13.5. The summed E-state index contributed by atoms with van der Waals surface area (Å²) >= 11 is 3.22. The number of H-pyrrole nitrogens is 1. The monoisotopic (exact) mass is 408 g/mol. The summed E-state index contributed by atoms with van der Waals surface area (Å²) in [5.41, 5.74) is -0.802. The Morgan fingerprint density at radius 2 is 2.24 bits per heavy atom. The van der Waals surface area contributed by atoms with Crippen molar-refractivity contribution in [3.63, 3.8) is 0 Å². The van der Waals surface area contributed by atoms with Gasteiger partial charge in [0.2, 0.25) is 0 Å². The summed E-state index contributed by atoms with van der Waals surface area (Å²) in [4.78, 5) is 25.2. The van der Waals surface area contributed by atoms with Crippen molar-refractivity contribution >= 4 is 21.7 Å². The lowest BCUT2D eigenvalue weighted by Crippen LogP contribution is -2.41. The maximum atomic E-state index is 14.4. The number of benzene rings is 1. The molecule has 1 saturated heterocycles.